The number of benzene rings is 4. The van der Waals surface area contributed by atoms with Gasteiger partial charge in [0.2, 0.25) is 0 Å². The van der Waals surface area contributed by atoms with Gasteiger partial charge in [-0.3, -0.25) is 9.69 Å². The number of Topliss-reactive ketones (excluding diaryl/α,β-unsaturated/α-hetero) is 1. The fourth-order valence-electron chi connectivity index (χ4n) is 4.68. The van der Waals surface area contributed by atoms with Crippen LogP contribution < -0.4 is 4.90 Å². The van der Waals surface area contributed by atoms with E-state index in [0.717, 1.165) is 16.7 Å². The number of rotatable bonds is 8. The average Bonchev–Trinajstić information content (AvgIpc) is 3.31. The van der Waals surface area contributed by atoms with Crippen LogP contribution in [0.4, 0.5) is 10.5 Å². The Morgan fingerprint density at radius 1 is 0.806 bits per heavy atom. The zero-order valence-corrected chi connectivity index (χ0v) is 20.0. The second-order valence-electron chi connectivity index (χ2n) is 8.81. The third-order valence-electron chi connectivity index (χ3n) is 6.49. The van der Waals surface area contributed by atoms with Crippen molar-refractivity contribution in [2.75, 3.05) is 18.1 Å². The SMILES string of the molecule is CC(=O)c1ccc(N2CC(COC(c3ccccc3)(c3ccccc3)c3ccccc3)OC2=O)cc1. The molecule has 4 aromatic rings. The highest BCUT2D eigenvalue weighted by atomic mass is 16.6. The van der Waals surface area contributed by atoms with Crippen molar-refractivity contribution in [2.45, 2.75) is 18.6 Å². The van der Waals surface area contributed by atoms with Crippen molar-refractivity contribution in [2.24, 2.45) is 0 Å². The molecule has 36 heavy (non-hydrogen) atoms. The zero-order valence-electron chi connectivity index (χ0n) is 20.0. The number of ketones is 1. The molecule has 0 aromatic heterocycles. The second-order valence-corrected chi connectivity index (χ2v) is 8.81. The second kappa shape index (κ2) is 10.2. The zero-order chi connectivity index (χ0) is 25.0. The minimum absolute atomic E-state index is 0.0177. The monoisotopic (exact) mass is 477 g/mol. The molecule has 0 N–H and O–H groups in total. The lowest BCUT2D eigenvalue weighted by atomic mass is 9.80. The van der Waals surface area contributed by atoms with E-state index in [0.29, 0.717) is 17.8 Å². The number of carbonyl (C=O) groups excluding carboxylic acids is 2. The van der Waals surface area contributed by atoms with Crippen LogP contribution in [0.15, 0.2) is 115 Å². The summed E-state index contributed by atoms with van der Waals surface area (Å²) in [6.07, 6.45) is -0.885. The minimum atomic E-state index is -0.882. The van der Waals surface area contributed by atoms with Gasteiger partial charge in [-0.15, -0.1) is 0 Å². The van der Waals surface area contributed by atoms with E-state index in [2.05, 4.69) is 36.4 Å². The Hall–Kier alpha value is -4.22. The molecular formula is C31H27NO4. The Morgan fingerprint density at radius 3 is 1.72 bits per heavy atom. The lowest BCUT2D eigenvalue weighted by Gasteiger charge is -2.36. The summed E-state index contributed by atoms with van der Waals surface area (Å²) in [6.45, 7) is 2.07. The van der Waals surface area contributed by atoms with Crippen LogP contribution in [-0.2, 0) is 15.1 Å². The van der Waals surface area contributed by atoms with Crippen LogP contribution in [0, 0.1) is 0 Å². The Balaban J connectivity index is 1.45. The van der Waals surface area contributed by atoms with Gasteiger partial charge in [-0.25, -0.2) is 4.79 Å². The van der Waals surface area contributed by atoms with Gasteiger partial charge in [0.1, 0.15) is 11.7 Å². The summed E-state index contributed by atoms with van der Waals surface area (Å²) in [5.41, 5.74) is 3.37. The van der Waals surface area contributed by atoms with Crippen LogP contribution in [-0.4, -0.2) is 31.1 Å². The summed E-state index contributed by atoms with van der Waals surface area (Å²) in [5, 5.41) is 0. The predicted molar refractivity (Wildman–Crippen MR) is 139 cm³/mol. The minimum Gasteiger partial charge on any atom is -0.441 e. The molecule has 180 valence electrons. The first kappa shape index (κ1) is 23.5. The van der Waals surface area contributed by atoms with E-state index in [4.69, 9.17) is 9.47 Å². The normalized spacial score (nSPS) is 15.5. The smallest absolute Gasteiger partial charge is 0.414 e. The van der Waals surface area contributed by atoms with Gasteiger partial charge in [0.25, 0.3) is 0 Å². The van der Waals surface area contributed by atoms with Gasteiger partial charge < -0.3 is 9.47 Å². The maximum atomic E-state index is 12.7. The number of carbonyl (C=O) groups is 2. The van der Waals surface area contributed by atoms with Crippen LogP contribution in [0.3, 0.4) is 0 Å². The topological polar surface area (TPSA) is 55.8 Å². The molecule has 0 spiro atoms. The van der Waals surface area contributed by atoms with E-state index in [1.165, 1.54) is 6.92 Å². The molecule has 1 aliphatic heterocycles. The fraction of sp³-hybridized carbons (Fsp3) is 0.161. The molecule has 4 aromatic carbocycles. The van der Waals surface area contributed by atoms with Gasteiger partial charge in [-0.05, 0) is 47.9 Å². The molecule has 1 fully saturated rings. The molecule has 0 aliphatic carbocycles. The maximum absolute atomic E-state index is 12.7. The van der Waals surface area contributed by atoms with E-state index in [-0.39, 0.29) is 12.4 Å². The molecule has 1 amide bonds. The lowest BCUT2D eigenvalue weighted by Crippen LogP contribution is -2.36. The van der Waals surface area contributed by atoms with Crippen molar-refractivity contribution in [3.63, 3.8) is 0 Å². The van der Waals surface area contributed by atoms with Crippen molar-refractivity contribution in [3.8, 4) is 0 Å². The highest BCUT2D eigenvalue weighted by Crippen LogP contribution is 2.41. The first-order chi connectivity index (χ1) is 17.6. The van der Waals surface area contributed by atoms with E-state index in [1.54, 1.807) is 29.2 Å². The van der Waals surface area contributed by atoms with Crippen LogP contribution >= 0.6 is 0 Å². The maximum Gasteiger partial charge on any atom is 0.414 e. The van der Waals surface area contributed by atoms with Gasteiger partial charge in [0.15, 0.2) is 5.78 Å². The largest absolute Gasteiger partial charge is 0.441 e. The summed E-state index contributed by atoms with van der Waals surface area (Å²) in [6, 6.07) is 37.3. The molecule has 1 unspecified atom stereocenters. The van der Waals surface area contributed by atoms with E-state index < -0.39 is 17.8 Å². The number of ether oxygens (including phenoxy) is 2. The number of nitrogens with zero attached hydrogens (tertiary/aromatic N) is 1. The molecule has 5 rings (SSSR count). The number of anilines is 1. The third-order valence-corrected chi connectivity index (χ3v) is 6.49. The quantitative estimate of drug-likeness (QED) is 0.223. The van der Waals surface area contributed by atoms with Crippen molar-refractivity contribution >= 4 is 17.6 Å². The van der Waals surface area contributed by atoms with Crippen molar-refractivity contribution in [1.29, 1.82) is 0 Å². The van der Waals surface area contributed by atoms with Crippen molar-refractivity contribution in [1.82, 2.24) is 0 Å². The molecular weight excluding hydrogens is 450 g/mol. The van der Waals surface area contributed by atoms with Gasteiger partial charge in [-0.2, -0.15) is 0 Å². The molecule has 0 radical (unpaired) electrons. The molecule has 0 bridgehead atoms. The Bertz CT molecular complexity index is 1220. The number of amides is 1. The number of hydrogen-bond acceptors (Lipinski definition) is 4. The molecule has 1 saturated heterocycles. The van der Waals surface area contributed by atoms with E-state index in [9.17, 15) is 9.59 Å². The first-order valence-corrected chi connectivity index (χ1v) is 12.0. The van der Waals surface area contributed by atoms with Crippen LogP contribution in [0.25, 0.3) is 0 Å². The lowest BCUT2D eigenvalue weighted by molar-refractivity contribution is -0.0296. The molecule has 1 heterocycles. The molecule has 5 heteroatoms. The summed E-state index contributed by atoms with van der Waals surface area (Å²) >= 11 is 0. The molecule has 5 nitrogen and oxygen atoms in total. The predicted octanol–water partition coefficient (Wildman–Crippen LogP) is 6.22. The number of hydrogen-bond donors (Lipinski definition) is 0. The van der Waals surface area contributed by atoms with Gasteiger partial charge >= 0.3 is 6.09 Å². The molecule has 0 saturated carbocycles. The summed E-state index contributed by atoms with van der Waals surface area (Å²) in [5.74, 6) is -0.0177. The van der Waals surface area contributed by atoms with Crippen LogP contribution in [0.2, 0.25) is 0 Å². The molecule has 1 atom stereocenters. The fourth-order valence-corrected chi connectivity index (χ4v) is 4.68. The van der Waals surface area contributed by atoms with Gasteiger partial charge in [-0.1, -0.05) is 91.0 Å². The number of cyclic esters (lactones) is 1. The Kier molecular flexibility index (Phi) is 6.65. The first-order valence-electron chi connectivity index (χ1n) is 12.0. The third kappa shape index (κ3) is 4.53. The Morgan fingerprint density at radius 2 is 1.28 bits per heavy atom. The summed E-state index contributed by atoms with van der Waals surface area (Å²) < 4.78 is 12.5. The highest BCUT2D eigenvalue weighted by Gasteiger charge is 2.40. The van der Waals surface area contributed by atoms with Gasteiger partial charge in [0, 0.05) is 11.3 Å². The van der Waals surface area contributed by atoms with E-state index in [1.807, 2.05) is 54.6 Å². The van der Waals surface area contributed by atoms with E-state index >= 15 is 0 Å². The highest BCUT2D eigenvalue weighted by molar-refractivity contribution is 5.95. The standard InChI is InChI=1S/C31H27NO4/c1-23(33)24-17-19-28(20-18-24)32-21-29(36-30(32)34)22-35-31(25-11-5-2-6-12-25,26-13-7-3-8-14-26)27-15-9-4-10-16-27/h2-20,29H,21-22H2,1H3. The van der Waals surface area contributed by atoms with Crippen molar-refractivity contribution in [3.05, 3.63) is 138 Å². The molecule has 1 aliphatic rings. The summed E-state index contributed by atoms with van der Waals surface area (Å²) in [4.78, 5) is 25.9. The van der Waals surface area contributed by atoms with Crippen LogP contribution in [0.5, 0.6) is 0 Å². The summed E-state index contributed by atoms with van der Waals surface area (Å²) in [7, 11) is 0. The van der Waals surface area contributed by atoms with Gasteiger partial charge in [0.05, 0.1) is 13.2 Å². The van der Waals surface area contributed by atoms with Crippen LogP contribution in [0.1, 0.15) is 34.0 Å². The Labute approximate surface area is 210 Å². The van der Waals surface area contributed by atoms with Crippen molar-refractivity contribution < 1.29 is 19.1 Å². The average molecular weight is 478 g/mol.